The van der Waals surface area contributed by atoms with Crippen LogP contribution in [0.5, 0.6) is 11.5 Å². The van der Waals surface area contributed by atoms with Crippen molar-refractivity contribution in [3.05, 3.63) is 58.1 Å². The first-order chi connectivity index (χ1) is 15.9. The third kappa shape index (κ3) is 6.65. The number of esters is 1. The van der Waals surface area contributed by atoms with Crippen LogP contribution in [-0.4, -0.2) is 29.2 Å². The van der Waals surface area contributed by atoms with Crippen LogP contribution in [-0.2, 0) is 10.5 Å². The van der Waals surface area contributed by atoms with Gasteiger partial charge in [0, 0.05) is 12.0 Å². The summed E-state index contributed by atoms with van der Waals surface area (Å²) in [6.07, 6.45) is 2.63. The van der Waals surface area contributed by atoms with Crippen molar-refractivity contribution in [2.75, 3.05) is 12.4 Å². The number of aromatic nitrogens is 2. The van der Waals surface area contributed by atoms with Crippen molar-refractivity contribution in [3.63, 3.8) is 0 Å². The molecule has 0 saturated heterocycles. The van der Waals surface area contributed by atoms with Gasteiger partial charge in [0.1, 0.15) is 17.8 Å². The monoisotopic (exact) mass is 489 g/mol. The molecule has 2 heterocycles. The first-order valence-electron chi connectivity index (χ1n) is 10.2. The average molecular weight is 490 g/mol. The van der Waals surface area contributed by atoms with E-state index in [-0.39, 0.29) is 23.1 Å². The highest BCUT2D eigenvalue weighted by molar-refractivity contribution is 8.00. The van der Waals surface area contributed by atoms with Crippen LogP contribution in [0.4, 0.5) is 5.13 Å². The minimum Gasteiger partial charge on any atom is -0.497 e. The van der Waals surface area contributed by atoms with Gasteiger partial charge in [-0.25, -0.2) is 4.79 Å². The highest BCUT2D eigenvalue weighted by atomic mass is 32.2. The maximum atomic E-state index is 12.3. The number of amides is 1. The van der Waals surface area contributed by atoms with E-state index in [9.17, 15) is 14.4 Å². The summed E-state index contributed by atoms with van der Waals surface area (Å²) in [4.78, 5) is 36.7. The van der Waals surface area contributed by atoms with Gasteiger partial charge in [-0.05, 0) is 37.1 Å². The second-order valence-electron chi connectivity index (χ2n) is 6.86. The molecule has 1 N–H and O–H groups in total. The Morgan fingerprint density at radius 1 is 1.18 bits per heavy atom. The van der Waals surface area contributed by atoms with Crippen LogP contribution in [0.15, 0.2) is 50.1 Å². The van der Waals surface area contributed by atoms with Crippen molar-refractivity contribution in [2.24, 2.45) is 5.92 Å². The van der Waals surface area contributed by atoms with Gasteiger partial charge in [-0.15, -0.1) is 10.2 Å². The Hall–Kier alpha value is -3.18. The van der Waals surface area contributed by atoms with E-state index in [1.807, 2.05) is 13.8 Å². The molecule has 33 heavy (non-hydrogen) atoms. The molecule has 0 atom stereocenters. The number of methoxy groups -OCH3 is 1. The summed E-state index contributed by atoms with van der Waals surface area (Å²) < 4.78 is 16.2. The van der Waals surface area contributed by atoms with E-state index in [4.69, 9.17) is 13.9 Å². The van der Waals surface area contributed by atoms with E-state index in [0.717, 1.165) is 19.1 Å². The number of thioether (sulfide) groups is 1. The Morgan fingerprint density at radius 2 is 1.91 bits per heavy atom. The zero-order valence-corrected chi connectivity index (χ0v) is 20.0. The van der Waals surface area contributed by atoms with Crippen molar-refractivity contribution in [3.8, 4) is 11.5 Å². The molecule has 0 aliphatic heterocycles. The molecule has 3 aromatic rings. The maximum Gasteiger partial charge on any atom is 0.343 e. The second kappa shape index (κ2) is 11.6. The molecule has 0 bridgehead atoms. The molecule has 2 aromatic heterocycles. The lowest BCUT2D eigenvalue weighted by molar-refractivity contribution is -0.120. The Kier molecular flexibility index (Phi) is 8.61. The lowest BCUT2D eigenvalue weighted by Crippen LogP contribution is -2.21. The fourth-order valence-corrected chi connectivity index (χ4v) is 4.44. The molecule has 1 amide bonds. The van der Waals surface area contributed by atoms with Crippen LogP contribution < -0.4 is 20.2 Å². The number of hydrogen-bond donors (Lipinski definition) is 1. The van der Waals surface area contributed by atoms with Gasteiger partial charge >= 0.3 is 5.97 Å². The minimum atomic E-state index is -0.677. The molecule has 0 fully saturated rings. The average Bonchev–Trinajstić information content (AvgIpc) is 3.27. The molecule has 0 aliphatic rings. The van der Waals surface area contributed by atoms with E-state index in [0.29, 0.717) is 26.7 Å². The second-order valence-corrected chi connectivity index (χ2v) is 9.06. The molecule has 11 heteroatoms. The molecular weight excluding hydrogens is 466 g/mol. The molecule has 174 valence electrons. The Bertz CT molecular complexity index is 1160. The van der Waals surface area contributed by atoms with Gasteiger partial charge in [0.15, 0.2) is 4.34 Å². The van der Waals surface area contributed by atoms with Crippen molar-refractivity contribution >= 4 is 40.1 Å². The molecule has 0 spiro atoms. The SMILES string of the molecule is CCC(CC)C(=O)Nc1nnc(SCc2cc(=O)c(OC(=O)c3ccc(OC)cc3)co2)s1. The van der Waals surface area contributed by atoms with Crippen LogP contribution in [0.3, 0.4) is 0 Å². The molecule has 0 saturated carbocycles. The number of hydrogen-bond acceptors (Lipinski definition) is 10. The van der Waals surface area contributed by atoms with Crippen LogP contribution in [0, 0.1) is 5.92 Å². The predicted octanol–water partition coefficient (Wildman–Crippen LogP) is 4.39. The number of rotatable bonds is 10. The first-order valence-corrected chi connectivity index (χ1v) is 12.0. The molecule has 3 rings (SSSR count). The zero-order valence-electron chi connectivity index (χ0n) is 18.3. The van der Waals surface area contributed by atoms with Crippen molar-refractivity contribution in [1.82, 2.24) is 10.2 Å². The first kappa shape index (κ1) is 24.5. The van der Waals surface area contributed by atoms with Crippen molar-refractivity contribution in [1.29, 1.82) is 0 Å². The molecular formula is C22H23N3O6S2. The largest absolute Gasteiger partial charge is 0.497 e. The van der Waals surface area contributed by atoms with E-state index in [1.54, 1.807) is 12.1 Å². The number of nitrogens with one attached hydrogen (secondary N) is 1. The number of anilines is 1. The quantitative estimate of drug-likeness (QED) is 0.251. The van der Waals surface area contributed by atoms with E-state index >= 15 is 0 Å². The van der Waals surface area contributed by atoms with Gasteiger partial charge in [0.05, 0.1) is 18.4 Å². The third-order valence-corrected chi connectivity index (χ3v) is 6.71. The predicted molar refractivity (Wildman–Crippen MR) is 125 cm³/mol. The van der Waals surface area contributed by atoms with Gasteiger partial charge in [0.25, 0.3) is 0 Å². The van der Waals surface area contributed by atoms with Gasteiger partial charge in [0.2, 0.25) is 22.2 Å². The zero-order chi connectivity index (χ0) is 23.8. The summed E-state index contributed by atoms with van der Waals surface area (Å²) in [5.41, 5.74) is -0.202. The van der Waals surface area contributed by atoms with Gasteiger partial charge < -0.3 is 19.2 Å². The summed E-state index contributed by atoms with van der Waals surface area (Å²) in [7, 11) is 1.52. The highest BCUT2D eigenvalue weighted by Gasteiger charge is 2.17. The summed E-state index contributed by atoms with van der Waals surface area (Å²) >= 11 is 2.56. The van der Waals surface area contributed by atoms with Crippen molar-refractivity contribution < 1.29 is 23.5 Å². The molecule has 9 nitrogen and oxygen atoms in total. The normalized spacial score (nSPS) is 10.8. The molecule has 0 radical (unpaired) electrons. The van der Waals surface area contributed by atoms with Crippen LogP contribution in [0.1, 0.15) is 42.8 Å². The van der Waals surface area contributed by atoms with Crippen LogP contribution in [0.2, 0.25) is 0 Å². The Labute approximate surface area is 198 Å². The fourth-order valence-electron chi connectivity index (χ4n) is 2.79. The number of carbonyl (C=O) groups excluding carboxylic acids is 2. The smallest absolute Gasteiger partial charge is 0.343 e. The van der Waals surface area contributed by atoms with Crippen LogP contribution >= 0.6 is 23.1 Å². The highest BCUT2D eigenvalue weighted by Crippen LogP contribution is 2.29. The van der Waals surface area contributed by atoms with E-state index < -0.39 is 11.4 Å². The lowest BCUT2D eigenvalue weighted by atomic mass is 10.0. The standard InChI is InChI=1S/C22H23N3O6S2/c1-4-13(5-2)19(27)23-21-24-25-22(33-21)32-12-16-10-17(26)18(11-30-16)31-20(28)14-6-8-15(29-3)9-7-14/h6-11,13H,4-5,12H2,1-3H3,(H,23,24,27). The van der Waals surface area contributed by atoms with Crippen LogP contribution in [0.25, 0.3) is 0 Å². The van der Waals surface area contributed by atoms with Gasteiger partial charge in [-0.1, -0.05) is 36.9 Å². The number of carbonyl (C=O) groups is 2. The summed E-state index contributed by atoms with van der Waals surface area (Å²) in [6.45, 7) is 3.93. The summed E-state index contributed by atoms with van der Waals surface area (Å²) in [6, 6.07) is 7.58. The topological polar surface area (TPSA) is 121 Å². The summed E-state index contributed by atoms with van der Waals surface area (Å²) in [5.74, 6) is 0.291. The summed E-state index contributed by atoms with van der Waals surface area (Å²) in [5, 5.41) is 11.2. The lowest BCUT2D eigenvalue weighted by Gasteiger charge is -2.09. The van der Waals surface area contributed by atoms with Gasteiger partial charge in [-0.3, -0.25) is 9.59 Å². The third-order valence-electron chi connectivity index (χ3n) is 4.71. The van der Waals surface area contributed by atoms with E-state index in [1.165, 1.54) is 48.4 Å². The number of nitrogens with zero attached hydrogens (tertiary/aromatic N) is 2. The molecule has 0 unspecified atom stereocenters. The van der Waals surface area contributed by atoms with Gasteiger partial charge in [-0.2, -0.15) is 0 Å². The Morgan fingerprint density at radius 3 is 2.55 bits per heavy atom. The fraction of sp³-hybridized carbons (Fsp3) is 0.318. The molecule has 0 aliphatic carbocycles. The maximum absolute atomic E-state index is 12.3. The van der Waals surface area contributed by atoms with E-state index in [2.05, 4.69) is 15.5 Å². The number of ether oxygens (including phenoxy) is 2. The minimum absolute atomic E-state index is 0.0587. The Balaban J connectivity index is 1.56. The van der Waals surface area contributed by atoms with Crippen molar-refractivity contribution in [2.45, 2.75) is 36.8 Å². The molecule has 1 aromatic carbocycles. The number of benzene rings is 1.